The smallest absolute Gasteiger partial charge is 0.254 e. The maximum absolute atomic E-state index is 11.4. The van der Waals surface area contributed by atoms with Crippen molar-refractivity contribution in [3.63, 3.8) is 0 Å². The fourth-order valence-corrected chi connectivity index (χ4v) is 1.51. The normalized spacial score (nSPS) is 18.9. The second kappa shape index (κ2) is 2.58. The zero-order valence-electron chi connectivity index (χ0n) is 7.87. The molecule has 2 rings (SSSR count). The molecule has 0 fully saturated rings. The summed E-state index contributed by atoms with van der Waals surface area (Å²) in [5, 5.41) is 3.23. The minimum atomic E-state index is 0.0213. The van der Waals surface area contributed by atoms with Crippen LogP contribution in [0.5, 0.6) is 0 Å². The van der Waals surface area contributed by atoms with Gasteiger partial charge in [0.15, 0.2) is 0 Å². The molecule has 4 heteroatoms. The number of fused-ring (bicyclic) bond motifs is 1. The van der Waals surface area contributed by atoms with E-state index in [4.69, 9.17) is 0 Å². The fraction of sp³-hybridized carbons (Fsp3) is 0.556. The molecule has 0 bridgehead atoms. The quantitative estimate of drug-likeness (QED) is 0.642. The van der Waals surface area contributed by atoms with E-state index in [0.29, 0.717) is 5.95 Å². The van der Waals surface area contributed by atoms with Gasteiger partial charge in [-0.3, -0.25) is 9.36 Å². The van der Waals surface area contributed by atoms with Gasteiger partial charge in [0.1, 0.15) is 0 Å². The topological polar surface area (TPSA) is 46.9 Å². The average molecular weight is 179 g/mol. The van der Waals surface area contributed by atoms with Crippen molar-refractivity contribution in [2.45, 2.75) is 32.4 Å². The summed E-state index contributed by atoms with van der Waals surface area (Å²) in [6.07, 6.45) is 2.49. The van der Waals surface area contributed by atoms with Crippen molar-refractivity contribution in [2.75, 3.05) is 5.32 Å². The van der Waals surface area contributed by atoms with Crippen LogP contribution >= 0.6 is 0 Å². The maximum Gasteiger partial charge on any atom is 0.254 e. The van der Waals surface area contributed by atoms with Gasteiger partial charge in [0, 0.05) is 24.3 Å². The third kappa shape index (κ3) is 1.43. The molecule has 1 aromatic heterocycles. The van der Waals surface area contributed by atoms with E-state index in [1.807, 2.05) is 0 Å². The van der Waals surface area contributed by atoms with Crippen LogP contribution in [0.25, 0.3) is 0 Å². The number of rotatable bonds is 0. The Hall–Kier alpha value is -1.32. The van der Waals surface area contributed by atoms with Gasteiger partial charge < -0.3 is 5.32 Å². The van der Waals surface area contributed by atoms with E-state index >= 15 is 0 Å². The monoisotopic (exact) mass is 179 g/mol. The predicted molar refractivity (Wildman–Crippen MR) is 50.8 cm³/mol. The molecule has 0 spiro atoms. The molecule has 0 amide bonds. The fourth-order valence-electron chi connectivity index (χ4n) is 1.51. The molecule has 1 aliphatic rings. The summed E-state index contributed by atoms with van der Waals surface area (Å²) < 4.78 is 1.67. The van der Waals surface area contributed by atoms with Gasteiger partial charge in [-0.05, 0) is 20.3 Å². The summed E-state index contributed by atoms with van der Waals surface area (Å²) in [5.41, 5.74) is 0.0638. The van der Waals surface area contributed by atoms with Gasteiger partial charge in [0.25, 0.3) is 5.56 Å². The van der Waals surface area contributed by atoms with Crippen LogP contribution in [0.1, 0.15) is 20.3 Å². The van der Waals surface area contributed by atoms with E-state index in [9.17, 15) is 4.79 Å². The lowest BCUT2D eigenvalue weighted by Crippen LogP contribution is -2.41. The number of anilines is 1. The minimum absolute atomic E-state index is 0.0213. The lowest BCUT2D eigenvalue weighted by Gasteiger charge is -2.33. The summed E-state index contributed by atoms with van der Waals surface area (Å²) in [7, 11) is 0. The second-order valence-electron chi connectivity index (χ2n) is 4.02. The Morgan fingerprint density at radius 1 is 1.62 bits per heavy atom. The lowest BCUT2D eigenvalue weighted by molar-refractivity contribution is 0.423. The zero-order valence-corrected chi connectivity index (χ0v) is 7.87. The Morgan fingerprint density at radius 2 is 2.38 bits per heavy atom. The molecule has 70 valence electrons. The Kier molecular flexibility index (Phi) is 1.65. The summed E-state index contributed by atoms with van der Waals surface area (Å²) in [4.78, 5) is 15.5. The molecular weight excluding hydrogens is 166 g/mol. The molecule has 1 aliphatic heterocycles. The second-order valence-corrected chi connectivity index (χ2v) is 4.02. The maximum atomic E-state index is 11.4. The van der Waals surface area contributed by atoms with Crippen molar-refractivity contribution in [2.24, 2.45) is 0 Å². The highest BCUT2D eigenvalue weighted by atomic mass is 16.1. The Morgan fingerprint density at radius 3 is 3.15 bits per heavy atom. The first kappa shape index (κ1) is 8.29. The molecule has 0 unspecified atom stereocenters. The van der Waals surface area contributed by atoms with E-state index < -0.39 is 0 Å². The molecule has 4 nitrogen and oxygen atoms in total. The summed E-state index contributed by atoms with van der Waals surface area (Å²) >= 11 is 0. The van der Waals surface area contributed by atoms with Crippen molar-refractivity contribution >= 4 is 5.95 Å². The van der Waals surface area contributed by atoms with Crippen LogP contribution in [-0.4, -0.2) is 15.1 Å². The van der Waals surface area contributed by atoms with Gasteiger partial charge >= 0.3 is 0 Å². The van der Waals surface area contributed by atoms with E-state index in [-0.39, 0.29) is 11.1 Å². The molecule has 1 aromatic rings. The molecule has 2 heterocycles. The Bertz CT molecular complexity index is 381. The highest BCUT2D eigenvalue weighted by Crippen LogP contribution is 2.21. The largest absolute Gasteiger partial charge is 0.351 e. The first-order chi connectivity index (χ1) is 6.08. The third-order valence-electron chi connectivity index (χ3n) is 2.35. The van der Waals surface area contributed by atoms with Crippen molar-refractivity contribution in [1.82, 2.24) is 9.55 Å². The van der Waals surface area contributed by atoms with Crippen LogP contribution in [-0.2, 0) is 6.54 Å². The first-order valence-corrected chi connectivity index (χ1v) is 4.42. The van der Waals surface area contributed by atoms with Crippen LogP contribution in [0.4, 0.5) is 5.95 Å². The van der Waals surface area contributed by atoms with Crippen LogP contribution in [0.3, 0.4) is 0 Å². The Labute approximate surface area is 76.6 Å². The molecule has 13 heavy (non-hydrogen) atoms. The molecule has 1 N–H and O–H groups in total. The highest BCUT2D eigenvalue weighted by Gasteiger charge is 2.24. The highest BCUT2D eigenvalue weighted by molar-refractivity contribution is 5.31. The molecular formula is C9H13N3O. The standard InChI is InChI=1S/C9H13N3O/c1-9(2)4-6-12-7(13)3-5-10-8(12)11-9/h3,5H,4,6H2,1-2H3,(H,10,11). The van der Waals surface area contributed by atoms with E-state index in [0.717, 1.165) is 13.0 Å². The summed E-state index contributed by atoms with van der Waals surface area (Å²) in [6.45, 7) is 4.97. The van der Waals surface area contributed by atoms with Crippen molar-refractivity contribution in [3.8, 4) is 0 Å². The van der Waals surface area contributed by atoms with Crippen molar-refractivity contribution < 1.29 is 0 Å². The summed E-state index contributed by atoms with van der Waals surface area (Å²) in [5.74, 6) is 0.684. The minimum Gasteiger partial charge on any atom is -0.351 e. The molecule has 0 saturated heterocycles. The van der Waals surface area contributed by atoms with Crippen LogP contribution in [0.15, 0.2) is 17.1 Å². The van der Waals surface area contributed by atoms with Gasteiger partial charge in [-0.2, -0.15) is 0 Å². The lowest BCUT2D eigenvalue weighted by atomic mass is 9.99. The number of hydrogen-bond acceptors (Lipinski definition) is 3. The number of nitrogens with zero attached hydrogens (tertiary/aromatic N) is 2. The third-order valence-corrected chi connectivity index (χ3v) is 2.35. The molecule has 0 aliphatic carbocycles. The van der Waals surface area contributed by atoms with E-state index in [2.05, 4.69) is 24.1 Å². The predicted octanol–water partition coefficient (Wildman–Crippen LogP) is 0.837. The van der Waals surface area contributed by atoms with E-state index in [1.54, 1.807) is 10.8 Å². The molecule has 0 radical (unpaired) electrons. The van der Waals surface area contributed by atoms with Crippen LogP contribution < -0.4 is 10.9 Å². The first-order valence-electron chi connectivity index (χ1n) is 4.42. The van der Waals surface area contributed by atoms with Gasteiger partial charge in [0.05, 0.1) is 0 Å². The molecule has 0 saturated carbocycles. The number of nitrogens with one attached hydrogen (secondary N) is 1. The van der Waals surface area contributed by atoms with Crippen LogP contribution in [0.2, 0.25) is 0 Å². The zero-order chi connectivity index (χ0) is 9.47. The molecule has 0 aromatic carbocycles. The van der Waals surface area contributed by atoms with Crippen molar-refractivity contribution in [3.05, 3.63) is 22.6 Å². The Balaban J connectivity index is 2.48. The van der Waals surface area contributed by atoms with Gasteiger partial charge in [-0.1, -0.05) is 0 Å². The van der Waals surface area contributed by atoms with Gasteiger partial charge in [-0.25, -0.2) is 4.98 Å². The van der Waals surface area contributed by atoms with Crippen LogP contribution in [0, 0.1) is 0 Å². The molecule has 0 atom stereocenters. The number of aromatic nitrogens is 2. The average Bonchev–Trinajstić information content (AvgIpc) is 2.02. The summed E-state index contributed by atoms with van der Waals surface area (Å²) in [6, 6.07) is 1.49. The number of hydrogen-bond donors (Lipinski definition) is 1. The SMILES string of the molecule is CC1(C)CCn2c(nccc2=O)N1. The van der Waals surface area contributed by atoms with Gasteiger partial charge in [0.2, 0.25) is 5.95 Å². The van der Waals surface area contributed by atoms with Crippen molar-refractivity contribution in [1.29, 1.82) is 0 Å². The van der Waals surface area contributed by atoms with E-state index in [1.165, 1.54) is 6.07 Å². The van der Waals surface area contributed by atoms with Gasteiger partial charge in [-0.15, -0.1) is 0 Å².